The van der Waals surface area contributed by atoms with Gasteiger partial charge in [0.05, 0.1) is 12.7 Å². The molecule has 1 fully saturated rings. The van der Waals surface area contributed by atoms with Crippen LogP contribution in [0.25, 0.3) is 0 Å². The number of unbranched alkanes of at least 4 members (excludes halogenated alkanes) is 1. The molecule has 0 aromatic rings. The van der Waals surface area contributed by atoms with Crippen molar-refractivity contribution in [2.75, 3.05) is 32.8 Å². The van der Waals surface area contributed by atoms with Crippen LogP contribution in [-0.2, 0) is 9.47 Å². The van der Waals surface area contributed by atoms with Gasteiger partial charge in [0.15, 0.2) is 5.96 Å². The number of amides is 1. The molecule has 1 aliphatic heterocycles. The minimum atomic E-state index is -0.226. The Morgan fingerprint density at radius 2 is 2.00 bits per heavy atom. The van der Waals surface area contributed by atoms with Crippen LogP contribution in [0, 0.1) is 0 Å². The Morgan fingerprint density at radius 3 is 2.58 bits per heavy atom. The zero-order chi connectivity index (χ0) is 17.1. The molecule has 1 aliphatic rings. The van der Waals surface area contributed by atoms with Gasteiger partial charge in [-0.2, -0.15) is 0 Å². The number of piperidine rings is 1. The minimum Gasteiger partial charge on any atom is -0.450 e. The highest BCUT2D eigenvalue weighted by Gasteiger charge is 2.23. The molecule has 0 saturated carbocycles. The first-order valence-corrected chi connectivity index (χ1v) is 8.62. The maximum Gasteiger partial charge on any atom is 0.409 e. The van der Waals surface area contributed by atoms with E-state index in [1.807, 2.05) is 20.8 Å². The summed E-state index contributed by atoms with van der Waals surface area (Å²) in [6.07, 6.45) is 3.74. The molecule has 1 amide bonds. The number of nitrogens with one attached hydrogen (secondary N) is 1. The van der Waals surface area contributed by atoms with Crippen molar-refractivity contribution < 1.29 is 14.3 Å². The van der Waals surface area contributed by atoms with Gasteiger partial charge in [-0.1, -0.05) is 0 Å². The Labute approximate surface area is 162 Å². The van der Waals surface area contributed by atoms with Gasteiger partial charge in [-0.05, 0) is 46.5 Å². The van der Waals surface area contributed by atoms with Crippen LogP contribution in [0.3, 0.4) is 0 Å². The number of hydrogen-bond donors (Lipinski definition) is 2. The lowest BCUT2D eigenvalue weighted by atomic mass is 10.1. The zero-order valence-electron chi connectivity index (χ0n) is 15.1. The fourth-order valence-electron chi connectivity index (χ4n) is 2.41. The molecule has 1 rings (SSSR count). The number of ether oxygens (including phenoxy) is 2. The summed E-state index contributed by atoms with van der Waals surface area (Å²) in [4.78, 5) is 17.7. The third-order valence-corrected chi connectivity index (χ3v) is 3.66. The molecule has 1 heterocycles. The number of nitrogens with two attached hydrogens (primary N) is 1. The molecule has 0 radical (unpaired) electrons. The summed E-state index contributed by atoms with van der Waals surface area (Å²) < 4.78 is 10.5. The van der Waals surface area contributed by atoms with Gasteiger partial charge in [-0.15, -0.1) is 24.0 Å². The first-order chi connectivity index (χ1) is 11.0. The topological polar surface area (TPSA) is 89.2 Å². The fraction of sp³-hybridized carbons (Fsp3) is 0.875. The molecule has 0 aliphatic carbocycles. The van der Waals surface area contributed by atoms with E-state index >= 15 is 0 Å². The highest BCUT2D eigenvalue weighted by atomic mass is 127. The van der Waals surface area contributed by atoms with Crippen LogP contribution in [0.5, 0.6) is 0 Å². The summed E-state index contributed by atoms with van der Waals surface area (Å²) in [5, 5.41) is 3.24. The normalized spacial score (nSPS) is 16.0. The second-order valence-electron chi connectivity index (χ2n) is 6.00. The molecule has 8 heteroatoms. The quantitative estimate of drug-likeness (QED) is 0.253. The van der Waals surface area contributed by atoms with Gasteiger partial charge in [0.1, 0.15) is 0 Å². The number of rotatable bonds is 8. The van der Waals surface area contributed by atoms with Crippen LogP contribution in [0.4, 0.5) is 4.79 Å². The van der Waals surface area contributed by atoms with Crippen molar-refractivity contribution in [3.63, 3.8) is 0 Å². The highest BCUT2D eigenvalue weighted by Crippen LogP contribution is 2.11. The standard InChI is InChI=1S/C16H32N4O3.HI/c1-4-22-16(21)20-10-7-14(8-11-20)19-15(17)18-9-5-6-12-23-13(2)3;/h13-14H,4-12H2,1-3H3,(H3,17,18,19);1H. The number of halogens is 1. The van der Waals surface area contributed by atoms with E-state index in [9.17, 15) is 4.79 Å². The van der Waals surface area contributed by atoms with Gasteiger partial charge >= 0.3 is 6.09 Å². The van der Waals surface area contributed by atoms with Gasteiger partial charge in [0, 0.05) is 32.3 Å². The van der Waals surface area contributed by atoms with Crippen molar-refractivity contribution in [3.05, 3.63) is 0 Å². The summed E-state index contributed by atoms with van der Waals surface area (Å²) >= 11 is 0. The monoisotopic (exact) mass is 456 g/mol. The van der Waals surface area contributed by atoms with E-state index in [1.54, 1.807) is 4.90 Å². The third kappa shape index (κ3) is 10.2. The first-order valence-electron chi connectivity index (χ1n) is 8.62. The van der Waals surface area contributed by atoms with E-state index in [-0.39, 0.29) is 42.2 Å². The molecular formula is C16H33IN4O3. The number of guanidine groups is 1. The van der Waals surface area contributed by atoms with Gasteiger partial charge in [-0.25, -0.2) is 4.79 Å². The number of aliphatic imine (C=N–C) groups is 1. The summed E-state index contributed by atoms with van der Waals surface area (Å²) in [6.45, 7) is 9.17. The number of hydrogen-bond acceptors (Lipinski definition) is 4. The summed E-state index contributed by atoms with van der Waals surface area (Å²) in [6, 6.07) is 0.272. The lowest BCUT2D eigenvalue weighted by Crippen LogP contribution is -2.48. The predicted molar refractivity (Wildman–Crippen MR) is 107 cm³/mol. The fourth-order valence-corrected chi connectivity index (χ4v) is 2.41. The van der Waals surface area contributed by atoms with Crippen molar-refractivity contribution in [2.24, 2.45) is 10.7 Å². The van der Waals surface area contributed by atoms with Crippen LogP contribution in [0.2, 0.25) is 0 Å². The molecule has 142 valence electrons. The molecule has 24 heavy (non-hydrogen) atoms. The molecule has 0 spiro atoms. The van der Waals surface area contributed by atoms with Crippen molar-refractivity contribution in [2.45, 2.75) is 58.6 Å². The van der Waals surface area contributed by atoms with E-state index in [1.165, 1.54) is 0 Å². The van der Waals surface area contributed by atoms with Crippen LogP contribution < -0.4 is 11.1 Å². The van der Waals surface area contributed by atoms with Crippen LogP contribution >= 0.6 is 24.0 Å². The molecule has 0 unspecified atom stereocenters. The molecule has 0 aromatic heterocycles. The summed E-state index contributed by atoms with van der Waals surface area (Å²) in [5.74, 6) is 0.490. The van der Waals surface area contributed by atoms with Gasteiger partial charge < -0.3 is 25.4 Å². The van der Waals surface area contributed by atoms with Gasteiger partial charge in [-0.3, -0.25) is 4.99 Å². The molecule has 1 saturated heterocycles. The smallest absolute Gasteiger partial charge is 0.409 e. The second-order valence-corrected chi connectivity index (χ2v) is 6.00. The highest BCUT2D eigenvalue weighted by molar-refractivity contribution is 14.0. The van der Waals surface area contributed by atoms with E-state index in [4.69, 9.17) is 15.2 Å². The lowest BCUT2D eigenvalue weighted by molar-refractivity contribution is 0.0763. The van der Waals surface area contributed by atoms with E-state index < -0.39 is 0 Å². The number of nitrogens with zero attached hydrogens (tertiary/aromatic N) is 2. The average Bonchev–Trinajstić information content (AvgIpc) is 2.51. The largest absolute Gasteiger partial charge is 0.450 e. The molecule has 3 N–H and O–H groups in total. The van der Waals surface area contributed by atoms with Crippen molar-refractivity contribution in [1.29, 1.82) is 0 Å². The molecule has 0 bridgehead atoms. The third-order valence-electron chi connectivity index (χ3n) is 3.66. The maximum absolute atomic E-state index is 11.6. The Morgan fingerprint density at radius 1 is 1.33 bits per heavy atom. The van der Waals surface area contributed by atoms with E-state index in [0.717, 1.165) is 32.3 Å². The molecular weight excluding hydrogens is 423 g/mol. The molecule has 0 aromatic carbocycles. The Bertz CT molecular complexity index is 372. The molecule has 7 nitrogen and oxygen atoms in total. The van der Waals surface area contributed by atoms with E-state index in [2.05, 4.69) is 10.3 Å². The number of carbonyl (C=O) groups excluding carboxylic acids is 1. The van der Waals surface area contributed by atoms with E-state index in [0.29, 0.717) is 32.2 Å². The number of carbonyl (C=O) groups is 1. The first kappa shape index (κ1) is 23.2. The molecule has 0 atom stereocenters. The van der Waals surface area contributed by atoms with Gasteiger partial charge in [0.2, 0.25) is 0 Å². The Hall–Kier alpha value is -0.770. The van der Waals surface area contributed by atoms with Crippen molar-refractivity contribution in [3.8, 4) is 0 Å². The van der Waals surface area contributed by atoms with Crippen molar-refractivity contribution in [1.82, 2.24) is 10.2 Å². The van der Waals surface area contributed by atoms with Gasteiger partial charge in [0.25, 0.3) is 0 Å². The SMILES string of the molecule is CCOC(=O)N1CCC(NC(N)=NCCCCOC(C)C)CC1.I. The summed E-state index contributed by atoms with van der Waals surface area (Å²) in [5.41, 5.74) is 5.91. The van der Waals surface area contributed by atoms with Crippen molar-refractivity contribution >= 4 is 36.0 Å². The van der Waals surface area contributed by atoms with Crippen LogP contribution in [-0.4, -0.2) is 61.9 Å². The predicted octanol–water partition coefficient (Wildman–Crippen LogP) is 2.33. The second kappa shape index (κ2) is 13.5. The summed E-state index contributed by atoms with van der Waals surface area (Å²) in [7, 11) is 0. The van der Waals surface area contributed by atoms with Crippen LogP contribution in [0.15, 0.2) is 4.99 Å². The minimum absolute atomic E-state index is 0. The average molecular weight is 456 g/mol. The zero-order valence-corrected chi connectivity index (χ0v) is 17.5. The van der Waals surface area contributed by atoms with Crippen LogP contribution in [0.1, 0.15) is 46.5 Å². The lowest BCUT2D eigenvalue weighted by Gasteiger charge is -2.31. The Kier molecular flexibility index (Phi) is 13.1. The Balaban J connectivity index is 0.00000529. The number of likely N-dealkylation sites (tertiary alicyclic amines) is 1. The maximum atomic E-state index is 11.6.